The van der Waals surface area contributed by atoms with Gasteiger partial charge in [-0.05, 0) is 41.5 Å². The molecule has 0 spiro atoms. The molecule has 3 aromatic heterocycles. The summed E-state index contributed by atoms with van der Waals surface area (Å²) in [5.41, 5.74) is 4.41. The van der Waals surface area contributed by atoms with Gasteiger partial charge in [0, 0.05) is 50.4 Å². The summed E-state index contributed by atoms with van der Waals surface area (Å²) in [6, 6.07) is 13.3. The van der Waals surface area contributed by atoms with Crippen LogP contribution < -0.4 is 5.32 Å². The van der Waals surface area contributed by atoms with Crippen LogP contribution in [0.4, 0.5) is 5.82 Å². The lowest BCUT2D eigenvalue weighted by Gasteiger charge is -2.10. The van der Waals surface area contributed by atoms with E-state index >= 15 is 0 Å². The van der Waals surface area contributed by atoms with Crippen molar-refractivity contribution in [2.45, 2.75) is 6.54 Å². The molecule has 0 radical (unpaired) electrons. The molecule has 0 saturated heterocycles. The van der Waals surface area contributed by atoms with Gasteiger partial charge in [0.1, 0.15) is 5.82 Å². The van der Waals surface area contributed by atoms with E-state index in [0.29, 0.717) is 12.1 Å². The predicted molar refractivity (Wildman–Crippen MR) is 108 cm³/mol. The molecule has 1 aromatic carbocycles. The lowest BCUT2D eigenvalue weighted by Crippen LogP contribution is -2.21. The zero-order valence-electron chi connectivity index (χ0n) is 15.7. The minimum Gasteiger partial charge on any atom is -0.366 e. The zero-order chi connectivity index (χ0) is 19.5. The fraction of sp³-hybridized carbons (Fsp3) is 0.143. The van der Waals surface area contributed by atoms with E-state index in [0.717, 1.165) is 28.2 Å². The van der Waals surface area contributed by atoms with Crippen molar-refractivity contribution in [2.24, 2.45) is 0 Å². The number of nitrogens with zero attached hydrogens (tertiary/aromatic N) is 5. The highest BCUT2D eigenvalue weighted by Crippen LogP contribution is 2.25. The smallest absolute Gasteiger partial charge is 0.253 e. The van der Waals surface area contributed by atoms with Crippen LogP contribution in [0.2, 0.25) is 0 Å². The summed E-state index contributed by atoms with van der Waals surface area (Å²) in [5.74, 6) is 0.748. The number of pyridine rings is 1. The van der Waals surface area contributed by atoms with Gasteiger partial charge in [0.25, 0.3) is 5.91 Å². The summed E-state index contributed by atoms with van der Waals surface area (Å²) in [6.45, 7) is 0.663. The van der Waals surface area contributed by atoms with Crippen molar-refractivity contribution < 1.29 is 4.79 Å². The normalized spacial score (nSPS) is 10.8. The van der Waals surface area contributed by atoms with Gasteiger partial charge in [-0.2, -0.15) is 5.10 Å². The molecule has 7 nitrogen and oxygen atoms in total. The Morgan fingerprint density at radius 2 is 1.82 bits per heavy atom. The molecular formula is C21H20N6O. The van der Waals surface area contributed by atoms with E-state index in [4.69, 9.17) is 4.98 Å². The number of carbonyl (C=O) groups is 1. The summed E-state index contributed by atoms with van der Waals surface area (Å²) in [7, 11) is 3.48. The Balaban J connectivity index is 1.60. The molecule has 0 atom stereocenters. The van der Waals surface area contributed by atoms with Gasteiger partial charge in [0.05, 0.1) is 6.20 Å². The van der Waals surface area contributed by atoms with Crippen LogP contribution in [0.3, 0.4) is 0 Å². The molecule has 4 aromatic rings. The molecule has 140 valence electrons. The van der Waals surface area contributed by atoms with Gasteiger partial charge in [0.15, 0.2) is 5.65 Å². The van der Waals surface area contributed by atoms with Crippen molar-refractivity contribution in [2.75, 3.05) is 19.4 Å². The fourth-order valence-corrected chi connectivity index (χ4v) is 2.91. The number of benzene rings is 1. The van der Waals surface area contributed by atoms with Crippen molar-refractivity contribution in [3.05, 3.63) is 78.4 Å². The first-order valence-electron chi connectivity index (χ1n) is 8.91. The fourth-order valence-electron chi connectivity index (χ4n) is 2.91. The number of carbonyl (C=O) groups excluding carboxylic acids is 1. The lowest BCUT2D eigenvalue weighted by molar-refractivity contribution is 0.0827. The lowest BCUT2D eigenvalue weighted by atomic mass is 10.1. The number of nitrogens with one attached hydrogen (secondary N) is 1. The summed E-state index contributed by atoms with van der Waals surface area (Å²) in [5, 5.41) is 7.71. The highest BCUT2D eigenvalue weighted by Gasteiger charge is 2.11. The second-order valence-electron chi connectivity index (χ2n) is 6.63. The number of fused-ring (bicyclic) bond motifs is 1. The molecular weight excluding hydrogens is 352 g/mol. The molecule has 4 rings (SSSR count). The Morgan fingerprint density at radius 3 is 2.54 bits per heavy atom. The maximum absolute atomic E-state index is 12.1. The van der Waals surface area contributed by atoms with Crippen LogP contribution in [-0.2, 0) is 6.54 Å². The van der Waals surface area contributed by atoms with Crippen molar-refractivity contribution in [1.29, 1.82) is 0 Å². The number of amides is 1. The summed E-state index contributed by atoms with van der Waals surface area (Å²) in [6.07, 6.45) is 7.21. The number of hydrogen-bond donors (Lipinski definition) is 1. The third-order valence-corrected chi connectivity index (χ3v) is 4.44. The van der Waals surface area contributed by atoms with Gasteiger partial charge >= 0.3 is 0 Å². The zero-order valence-corrected chi connectivity index (χ0v) is 15.7. The molecule has 1 N–H and O–H groups in total. The van der Waals surface area contributed by atoms with Gasteiger partial charge in [-0.3, -0.25) is 9.78 Å². The minimum atomic E-state index is -0.0212. The first-order chi connectivity index (χ1) is 13.6. The average Bonchev–Trinajstić information content (AvgIpc) is 3.16. The van der Waals surface area contributed by atoms with Crippen molar-refractivity contribution >= 4 is 17.4 Å². The van der Waals surface area contributed by atoms with Crippen molar-refractivity contribution in [3.8, 4) is 11.1 Å². The monoisotopic (exact) mass is 372 g/mol. The SMILES string of the molecule is CN(C)C(=O)c1ccc(-c2cnn3ccc(NCc4ccncc4)nc23)cc1. The highest BCUT2D eigenvalue weighted by atomic mass is 16.2. The maximum Gasteiger partial charge on any atom is 0.253 e. The second kappa shape index (κ2) is 7.48. The Kier molecular flexibility index (Phi) is 4.72. The third kappa shape index (κ3) is 3.55. The van der Waals surface area contributed by atoms with Gasteiger partial charge in [-0.15, -0.1) is 0 Å². The van der Waals surface area contributed by atoms with Crippen LogP contribution in [-0.4, -0.2) is 44.5 Å². The Bertz CT molecular complexity index is 1100. The first-order valence-corrected chi connectivity index (χ1v) is 8.91. The van der Waals surface area contributed by atoms with E-state index in [1.54, 1.807) is 42.1 Å². The Hall–Kier alpha value is -3.74. The average molecular weight is 372 g/mol. The Morgan fingerprint density at radius 1 is 1.07 bits per heavy atom. The van der Waals surface area contributed by atoms with E-state index < -0.39 is 0 Å². The van der Waals surface area contributed by atoms with E-state index in [-0.39, 0.29) is 5.91 Å². The van der Waals surface area contributed by atoms with E-state index in [1.165, 1.54) is 0 Å². The predicted octanol–water partition coefficient (Wildman–Crippen LogP) is 3.11. The first kappa shape index (κ1) is 17.7. The summed E-state index contributed by atoms with van der Waals surface area (Å²) >= 11 is 0. The van der Waals surface area contributed by atoms with Crippen LogP contribution in [0.15, 0.2) is 67.3 Å². The third-order valence-electron chi connectivity index (χ3n) is 4.44. The molecule has 0 unspecified atom stereocenters. The number of anilines is 1. The number of hydrogen-bond acceptors (Lipinski definition) is 5. The molecule has 7 heteroatoms. The van der Waals surface area contributed by atoms with Crippen LogP contribution in [0.5, 0.6) is 0 Å². The van der Waals surface area contributed by atoms with Crippen LogP contribution >= 0.6 is 0 Å². The number of aromatic nitrogens is 4. The van der Waals surface area contributed by atoms with Gasteiger partial charge in [0.2, 0.25) is 0 Å². The standard InChI is InChI=1S/C21H20N6O/c1-26(2)21(28)17-5-3-16(4-6-17)18-14-24-27-12-9-19(25-20(18)27)23-13-15-7-10-22-11-8-15/h3-12,14H,13H2,1-2H3,(H,23,25). The Labute approximate surface area is 162 Å². The molecule has 0 aliphatic carbocycles. The molecule has 0 bridgehead atoms. The quantitative estimate of drug-likeness (QED) is 0.583. The molecule has 0 saturated carbocycles. The van der Waals surface area contributed by atoms with Gasteiger partial charge in [-0.1, -0.05) is 12.1 Å². The topological polar surface area (TPSA) is 75.4 Å². The summed E-state index contributed by atoms with van der Waals surface area (Å²) < 4.78 is 1.74. The van der Waals surface area contributed by atoms with Crippen LogP contribution in [0, 0.1) is 0 Å². The van der Waals surface area contributed by atoms with Gasteiger partial charge < -0.3 is 10.2 Å². The largest absolute Gasteiger partial charge is 0.366 e. The van der Waals surface area contributed by atoms with Crippen LogP contribution in [0.25, 0.3) is 16.8 Å². The molecule has 28 heavy (non-hydrogen) atoms. The minimum absolute atomic E-state index is 0.0212. The molecule has 0 fully saturated rings. The van der Waals surface area contributed by atoms with Crippen molar-refractivity contribution in [1.82, 2.24) is 24.5 Å². The van der Waals surface area contributed by atoms with E-state index in [2.05, 4.69) is 15.4 Å². The molecule has 0 aliphatic heterocycles. The van der Waals surface area contributed by atoms with E-state index in [9.17, 15) is 4.79 Å². The number of rotatable bonds is 5. The molecule has 1 amide bonds. The van der Waals surface area contributed by atoms with Crippen molar-refractivity contribution in [3.63, 3.8) is 0 Å². The summed E-state index contributed by atoms with van der Waals surface area (Å²) in [4.78, 5) is 22.4. The van der Waals surface area contributed by atoms with E-state index in [1.807, 2.05) is 48.7 Å². The molecule has 0 aliphatic rings. The van der Waals surface area contributed by atoms with Gasteiger partial charge in [-0.25, -0.2) is 9.50 Å². The highest BCUT2D eigenvalue weighted by molar-refractivity contribution is 5.94. The maximum atomic E-state index is 12.1. The van der Waals surface area contributed by atoms with Crippen LogP contribution in [0.1, 0.15) is 15.9 Å². The second-order valence-corrected chi connectivity index (χ2v) is 6.63. The molecule has 3 heterocycles.